The number of aromatic nitrogens is 2. The number of nitrogens with zero attached hydrogens (tertiary/aromatic N) is 1. The third kappa shape index (κ3) is 3.15. The molecule has 0 aliphatic heterocycles. The smallest absolute Gasteiger partial charge is 0.119 e. The SMILES string of the molecule is COc1cccc(-c2cnc[nH]2)c1.Cl.Cl. The van der Waals surface area contributed by atoms with Gasteiger partial charge in [0.1, 0.15) is 5.75 Å². The van der Waals surface area contributed by atoms with E-state index in [1.54, 1.807) is 19.6 Å². The quantitative estimate of drug-likeness (QED) is 0.885. The second-order valence-electron chi connectivity index (χ2n) is 2.70. The molecule has 0 aliphatic rings. The first-order valence-corrected chi connectivity index (χ1v) is 4.03. The molecule has 1 heterocycles. The van der Waals surface area contributed by atoms with E-state index in [9.17, 15) is 0 Å². The molecule has 82 valence electrons. The van der Waals surface area contributed by atoms with E-state index in [2.05, 4.69) is 9.97 Å². The van der Waals surface area contributed by atoms with E-state index in [-0.39, 0.29) is 24.8 Å². The third-order valence-electron chi connectivity index (χ3n) is 1.88. The predicted octanol–water partition coefficient (Wildman–Crippen LogP) is 2.93. The summed E-state index contributed by atoms with van der Waals surface area (Å²) < 4.78 is 5.12. The average Bonchev–Trinajstić information content (AvgIpc) is 2.71. The lowest BCUT2D eigenvalue weighted by Crippen LogP contribution is -1.83. The fourth-order valence-electron chi connectivity index (χ4n) is 1.20. The number of methoxy groups -OCH3 is 1. The third-order valence-corrected chi connectivity index (χ3v) is 1.88. The maximum absolute atomic E-state index is 5.12. The summed E-state index contributed by atoms with van der Waals surface area (Å²) in [5, 5.41) is 0. The van der Waals surface area contributed by atoms with E-state index >= 15 is 0 Å². The highest BCUT2D eigenvalue weighted by molar-refractivity contribution is 5.85. The van der Waals surface area contributed by atoms with Gasteiger partial charge in [-0.25, -0.2) is 4.98 Å². The van der Waals surface area contributed by atoms with E-state index in [1.807, 2.05) is 24.3 Å². The monoisotopic (exact) mass is 246 g/mol. The molecule has 0 amide bonds. The van der Waals surface area contributed by atoms with Crippen molar-refractivity contribution in [3.8, 4) is 17.0 Å². The van der Waals surface area contributed by atoms with Crippen molar-refractivity contribution in [3.05, 3.63) is 36.8 Å². The number of H-pyrrole nitrogens is 1. The molecule has 0 atom stereocenters. The number of benzene rings is 1. The zero-order valence-electron chi connectivity index (χ0n) is 8.14. The van der Waals surface area contributed by atoms with Crippen LogP contribution in [0, 0.1) is 0 Å². The Hall–Kier alpha value is -1.19. The van der Waals surface area contributed by atoms with Crippen LogP contribution in [0.25, 0.3) is 11.3 Å². The molecule has 3 nitrogen and oxygen atoms in total. The Morgan fingerprint density at radius 2 is 2.07 bits per heavy atom. The number of hydrogen-bond acceptors (Lipinski definition) is 2. The Labute approximate surface area is 101 Å². The van der Waals surface area contributed by atoms with Crippen LogP contribution < -0.4 is 4.74 Å². The molecule has 1 aromatic carbocycles. The van der Waals surface area contributed by atoms with Gasteiger partial charge in [0.05, 0.1) is 25.3 Å². The van der Waals surface area contributed by atoms with Crippen molar-refractivity contribution < 1.29 is 4.74 Å². The highest BCUT2D eigenvalue weighted by atomic mass is 35.5. The minimum atomic E-state index is 0. The number of ether oxygens (including phenoxy) is 1. The van der Waals surface area contributed by atoms with Crippen LogP contribution in [0.5, 0.6) is 5.75 Å². The van der Waals surface area contributed by atoms with E-state index in [0.717, 1.165) is 17.0 Å². The summed E-state index contributed by atoms with van der Waals surface area (Å²) in [6.07, 6.45) is 3.45. The number of rotatable bonds is 2. The van der Waals surface area contributed by atoms with Gasteiger partial charge in [0.2, 0.25) is 0 Å². The first kappa shape index (κ1) is 13.8. The highest BCUT2D eigenvalue weighted by Gasteiger charge is 1.99. The van der Waals surface area contributed by atoms with Gasteiger partial charge in [-0.1, -0.05) is 12.1 Å². The summed E-state index contributed by atoms with van der Waals surface area (Å²) in [4.78, 5) is 7.00. The van der Waals surface area contributed by atoms with Gasteiger partial charge in [-0.15, -0.1) is 24.8 Å². The molecule has 0 bridgehead atoms. The highest BCUT2D eigenvalue weighted by Crippen LogP contribution is 2.20. The zero-order valence-corrected chi connectivity index (χ0v) is 9.77. The Balaban J connectivity index is 0.000000980. The molecular formula is C10H12Cl2N2O. The molecule has 1 aromatic heterocycles. The summed E-state index contributed by atoms with van der Waals surface area (Å²) >= 11 is 0. The minimum Gasteiger partial charge on any atom is -0.497 e. The second kappa shape index (κ2) is 6.32. The van der Waals surface area contributed by atoms with E-state index < -0.39 is 0 Å². The molecule has 2 aromatic rings. The van der Waals surface area contributed by atoms with Gasteiger partial charge in [-0.3, -0.25) is 0 Å². The number of nitrogens with one attached hydrogen (secondary N) is 1. The molecule has 15 heavy (non-hydrogen) atoms. The largest absolute Gasteiger partial charge is 0.497 e. The standard InChI is InChI=1S/C10H10N2O.2ClH/c1-13-9-4-2-3-8(5-9)10-6-11-7-12-10;;/h2-7H,1H3,(H,11,12);2*1H. The summed E-state index contributed by atoms with van der Waals surface area (Å²) in [5.74, 6) is 0.854. The lowest BCUT2D eigenvalue weighted by molar-refractivity contribution is 0.415. The number of halogens is 2. The van der Waals surface area contributed by atoms with Crippen LogP contribution in [0.2, 0.25) is 0 Å². The van der Waals surface area contributed by atoms with Gasteiger partial charge in [0.25, 0.3) is 0 Å². The fourth-order valence-corrected chi connectivity index (χ4v) is 1.20. The number of imidazole rings is 1. The first-order chi connectivity index (χ1) is 6.40. The van der Waals surface area contributed by atoms with Crippen LogP contribution in [0.4, 0.5) is 0 Å². The average molecular weight is 247 g/mol. The molecule has 0 saturated heterocycles. The molecular weight excluding hydrogens is 235 g/mol. The van der Waals surface area contributed by atoms with Crippen molar-refractivity contribution in [1.82, 2.24) is 9.97 Å². The fraction of sp³-hybridized carbons (Fsp3) is 0.100. The second-order valence-corrected chi connectivity index (χ2v) is 2.70. The zero-order chi connectivity index (χ0) is 9.10. The normalized spacial score (nSPS) is 8.60. The molecule has 0 spiro atoms. The topological polar surface area (TPSA) is 37.9 Å². The van der Waals surface area contributed by atoms with Crippen LogP contribution in [-0.2, 0) is 0 Å². The van der Waals surface area contributed by atoms with Gasteiger partial charge in [0.15, 0.2) is 0 Å². The van der Waals surface area contributed by atoms with Crippen LogP contribution in [0.3, 0.4) is 0 Å². The summed E-state index contributed by atoms with van der Waals surface area (Å²) in [7, 11) is 1.66. The van der Waals surface area contributed by atoms with Gasteiger partial charge >= 0.3 is 0 Å². The van der Waals surface area contributed by atoms with Gasteiger partial charge in [0, 0.05) is 5.56 Å². The van der Waals surface area contributed by atoms with Crippen LogP contribution >= 0.6 is 24.8 Å². The van der Waals surface area contributed by atoms with Crippen molar-refractivity contribution in [2.75, 3.05) is 7.11 Å². The van der Waals surface area contributed by atoms with E-state index in [1.165, 1.54) is 0 Å². The van der Waals surface area contributed by atoms with Gasteiger partial charge < -0.3 is 9.72 Å². The maximum atomic E-state index is 5.12. The van der Waals surface area contributed by atoms with E-state index in [0.29, 0.717) is 0 Å². The summed E-state index contributed by atoms with van der Waals surface area (Å²) in [5.41, 5.74) is 2.08. The van der Waals surface area contributed by atoms with Crippen LogP contribution in [0.1, 0.15) is 0 Å². The number of hydrogen-bond donors (Lipinski definition) is 1. The number of aromatic amines is 1. The van der Waals surface area contributed by atoms with Crippen molar-refractivity contribution in [1.29, 1.82) is 0 Å². The van der Waals surface area contributed by atoms with Gasteiger partial charge in [-0.05, 0) is 12.1 Å². The summed E-state index contributed by atoms with van der Waals surface area (Å²) in [6.45, 7) is 0. The van der Waals surface area contributed by atoms with Crippen LogP contribution in [-0.4, -0.2) is 17.1 Å². The molecule has 5 heteroatoms. The molecule has 0 radical (unpaired) electrons. The summed E-state index contributed by atoms with van der Waals surface area (Å²) in [6, 6.07) is 7.85. The van der Waals surface area contributed by atoms with Crippen molar-refractivity contribution in [3.63, 3.8) is 0 Å². The van der Waals surface area contributed by atoms with Gasteiger partial charge in [-0.2, -0.15) is 0 Å². The molecule has 0 fully saturated rings. The Bertz CT molecular complexity index is 390. The van der Waals surface area contributed by atoms with E-state index in [4.69, 9.17) is 4.74 Å². The van der Waals surface area contributed by atoms with Crippen molar-refractivity contribution >= 4 is 24.8 Å². The van der Waals surface area contributed by atoms with Crippen molar-refractivity contribution in [2.45, 2.75) is 0 Å². The molecule has 0 unspecified atom stereocenters. The molecule has 0 aliphatic carbocycles. The molecule has 2 rings (SSSR count). The molecule has 1 N–H and O–H groups in total. The Morgan fingerprint density at radius 3 is 2.67 bits per heavy atom. The Morgan fingerprint density at radius 1 is 1.27 bits per heavy atom. The molecule has 0 saturated carbocycles. The van der Waals surface area contributed by atoms with Crippen LogP contribution in [0.15, 0.2) is 36.8 Å². The predicted molar refractivity (Wildman–Crippen MR) is 65.1 cm³/mol. The minimum absolute atomic E-state index is 0. The Kier molecular flexibility index (Phi) is 5.82. The lowest BCUT2D eigenvalue weighted by atomic mass is 10.1. The lowest BCUT2D eigenvalue weighted by Gasteiger charge is -2.01. The van der Waals surface area contributed by atoms with Crippen molar-refractivity contribution in [2.24, 2.45) is 0 Å². The maximum Gasteiger partial charge on any atom is 0.119 e. The first-order valence-electron chi connectivity index (χ1n) is 4.03.